The Hall–Kier alpha value is -0.910. The molecular weight excluding hydrogens is 276 g/mol. The van der Waals surface area contributed by atoms with Crippen molar-refractivity contribution in [2.45, 2.75) is 57.2 Å². The molecular formula is C14H26N2O3S. The molecule has 0 heterocycles. The summed E-state index contributed by atoms with van der Waals surface area (Å²) in [6, 6.07) is 0.160. The number of carbonyl (C=O) groups is 2. The van der Waals surface area contributed by atoms with Crippen molar-refractivity contribution in [3.05, 3.63) is 0 Å². The molecule has 1 fully saturated rings. The summed E-state index contributed by atoms with van der Waals surface area (Å²) in [7, 11) is 0. The SMILES string of the molecule is CCSC1CCC(NC(=O)NCC(C)CCC(=O)O)C1. The lowest BCUT2D eigenvalue weighted by molar-refractivity contribution is -0.137. The van der Waals surface area contributed by atoms with Crippen molar-refractivity contribution in [3.8, 4) is 0 Å². The molecule has 5 nitrogen and oxygen atoms in total. The number of hydrogen-bond acceptors (Lipinski definition) is 3. The first-order chi connectivity index (χ1) is 9.51. The van der Waals surface area contributed by atoms with Gasteiger partial charge in [0.2, 0.25) is 0 Å². The van der Waals surface area contributed by atoms with Crippen LogP contribution in [0, 0.1) is 5.92 Å². The molecule has 1 aliphatic rings. The van der Waals surface area contributed by atoms with Gasteiger partial charge in [0.15, 0.2) is 0 Å². The van der Waals surface area contributed by atoms with Gasteiger partial charge in [0.1, 0.15) is 0 Å². The molecule has 116 valence electrons. The van der Waals surface area contributed by atoms with Crippen LogP contribution in [0.1, 0.15) is 46.0 Å². The first kappa shape index (κ1) is 17.1. The summed E-state index contributed by atoms with van der Waals surface area (Å²) in [4.78, 5) is 22.2. The first-order valence-electron chi connectivity index (χ1n) is 7.39. The van der Waals surface area contributed by atoms with Crippen LogP contribution in [0.4, 0.5) is 4.79 Å². The summed E-state index contributed by atoms with van der Waals surface area (Å²) >= 11 is 1.97. The molecule has 1 aliphatic carbocycles. The van der Waals surface area contributed by atoms with E-state index in [2.05, 4.69) is 17.6 Å². The largest absolute Gasteiger partial charge is 0.481 e. The molecule has 1 rings (SSSR count). The molecule has 1 saturated carbocycles. The van der Waals surface area contributed by atoms with E-state index in [1.54, 1.807) is 0 Å². The maximum atomic E-state index is 11.8. The number of carboxylic acids is 1. The van der Waals surface area contributed by atoms with Gasteiger partial charge in [0.05, 0.1) is 0 Å². The third-order valence-corrected chi connectivity index (χ3v) is 4.82. The minimum atomic E-state index is -0.785. The van der Waals surface area contributed by atoms with Crippen LogP contribution < -0.4 is 10.6 Å². The number of aliphatic carboxylic acids is 1. The molecule has 3 N–H and O–H groups in total. The van der Waals surface area contributed by atoms with Gasteiger partial charge < -0.3 is 15.7 Å². The summed E-state index contributed by atoms with van der Waals surface area (Å²) in [5, 5.41) is 15.1. The Balaban J connectivity index is 2.13. The monoisotopic (exact) mass is 302 g/mol. The lowest BCUT2D eigenvalue weighted by atomic mass is 10.1. The van der Waals surface area contributed by atoms with Crippen molar-refractivity contribution in [3.63, 3.8) is 0 Å². The van der Waals surface area contributed by atoms with Gasteiger partial charge in [-0.25, -0.2) is 4.79 Å². The fraction of sp³-hybridized carbons (Fsp3) is 0.857. The zero-order valence-electron chi connectivity index (χ0n) is 12.4. The summed E-state index contributed by atoms with van der Waals surface area (Å²) in [5.41, 5.74) is 0. The molecule has 0 aromatic carbocycles. The molecule has 0 aromatic rings. The van der Waals surface area contributed by atoms with Crippen molar-refractivity contribution in [2.24, 2.45) is 5.92 Å². The van der Waals surface area contributed by atoms with E-state index < -0.39 is 5.97 Å². The Morgan fingerprint density at radius 1 is 1.40 bits per heavy atom. The Kier molecular flexibility index (Phi) is 7.80. The van der Waals surface area contributed by atoms with Crippen molar-refractivity contribution in [2.75, 3.05) is 12.3 Å². The smallest absolute Gasteiger partial charge is 0.315 e. The lowest BCUT2D eigenvalue weighted by Gasteiger charge is -2.16. The van der Waals surface area contributed by atoms with E-state index in [-0.39, 0.29) is 24.4 Å². The summed E-state index contributed by atoms with van der Waals surface area (Å²) in [6.45, 7) is 4.64. The van der Waals surface area contributed by atoms with Crippen LogP contribution >= 0.6 is 11.8 Å². The molecule has 3 unspecified atom stereocenters. The minimum absolute atomic E-state index is 0.126. The molecule has 0 aromatic heterocycles. The maximum absolute atomic E-state index is 11.8. The normalized spacial score (nSPS) is 23.3. The number of carboxylic acid groups (broad SMARTS) is 1. The van der Waals surface area contributed by atoms with Crippen LogP contribution in [0.25, 0.3) is 0 Å². The lowest BCUT2D eigenvalue weighted by Crippen LogP contribution is -2.42. The average Bonchev–Trinajstić information content (AvgIpc) is 2.81. The van der Waals surface area contributed by atoms with Gasteiger partial charge in [0.25, 0.3) is 0 Å². The average molecular weight is 302 g/mol. The van der Waals surface area contributed by atoms with Gasteiger partial charge in [-0.3, -0.25) is 4.79 Å². The van der Waals surface area contributed by atoms with E-state index in [1.807, 2.05) is 18.7 Å². The van der Waals surface area contributed by atoms with E-state index in [0.717, 1.165) is 18.6 Å². The minimum Gasteiger partial charge on any atom is -0.481 e. The number of hydrogen-bond donors (Lipinski definition) is 3. The number of urea groups is 1. The highest BCUT2D eigenvalue weighted by Gasteiger charge is 2.25. The highest BCUT2D eigenvalue weighted by atomic mass is 32.2. The van der Waals surface area contributed by atoms with Crippen LogP contribution in [0.2, 0.25) is 0 Å². The standard InChI is InChI=1S/C14H26N2O3S/c1-3-20-12-6-5-11(8-12)16-14(19)15-9-10(2)4-7-13(17)18/h10-12H,3-9H2,1-2H3,(H,17,18)(H2,15,16,19). The zero-order valence-corrected chi connectivity index (χ0v) is 13.2. The quantitative estimate of drug-likeness (QED) is 0.643. The van der Waals surface area contributed by atoms with Gasteiger partial charge >= 0.3 is 12.0 Å². The fourth-order valence-corrected chi connectivity index (χ4v) is 3.58. The zero-order chi connectivity index (χ0) is 15.0. The maximum Gasteiger partial charge on any atom is 0.315 e. The van der Waals surface area contributed by atoms with Crippen LogP contribution in [-0.2, 0) is 4.79 Å². The van der Waals surface area contributed by atoms with Crippen molar-refractivity contribution in [1.82, 2.24) is 10.6 Å². The third-order valence-electron chi connectivity index (χ3n) is 3.58. The van der Waals surface area contributed by atoms with Crippen molar-refractivity contribution < 1.29 is 14.7 Å². The Morgan fingerprint density at radius 3 is 2.80 bits per heavy atom. The summed E-state index contributed by atoms with van der Waals surface area (Å²) in [6.07, 6.45) is 4.04. The van der Waals surface area contributed by atoms with Crippen LogP contribution in [0.15, 0.2) is 0 Å². The highest BCUT2D eigenvalue weighted by Crippen LogP contribution is 2.29. The third kappa shape index (κ3) is 7.03. The Labute approximate surface area is 125 Å². The highest BCUT2D eigenvalue weighted by molar-refractivity contribution is 7.99. The molecule has 0 saturated heterocycles. The Bertz CT molecular complexity index is 326. The van der Waals surface area contributed by atoms with Gasteiger partial charge in [-0.1, -0.05) is 13.8 Å². The number of carbonyl (C=O) groups excluding carboxylic acids is 1. The number of rotatable bonds is 8. The molecule has 0 aliphatic heterocycles. The predicted octanol–water partition coefficient (Wildman–Crippen LogP) is 2.46. The van der Waals surface area contributed by atoms with Crippen molar-refractivity contribution in [1.29, 1.82) is 0 Å². The summed E-state index contributed by atoms with van der Waals surface area (Å²) in [5.74, 6) is 0.528. The molecule has 20 heavy (non-hydrogen) atoms. The molecule has 0 bridgehead atoms. The van der Waals surface area contributed by atoms with Crippen LogP contribution in [0.5, 0.6) is 0 Å². The molecule has 6 heteroatoms. The predicted molar refractivity (Wildman–Crippen MR) is 82.1 cm³/mol. The molecule has 0 spiro atoms. The topological polar surface area (TPSA) is 78.4 Å². The number of thioether (sulfide) groups is 1. The van der Waals surface area contributed by atoms with Gasteiger partial charge in [-0.05, 0) is 37.4 Å². The van der Waals surface area contributed by atoms with Gasteiger partial charge in [0, 0.05) is 24.3 Å². The number of amides is 2. The van der Waals surface area contributed by atoms with Crippen molar-refractivity contribution >= 4 is 23.8 Å². The second-order valence-electron chi connectivity index (χ2n) is 5.48. The van der Waals surface area contributed by atoms with E-state index in [9.17, 15) is 9.59 Å². The molecule has 2 amide bonds. The van der Waals surface area contributed by atoms with E-state index in [4.69, 9.17) is 5.11 Å². The second-order valence-corrected chi connectivity index (χ2v) is 7.06. The van der Waals surface area contributed by atoms with E-state index >= 15 is 0 Å². The molecule has 0 radical (unpaired) electrons. The van der Waals surface area contributed by atoms with Gasteiger partial charge in [-0.2, -0.15) is 11.8 Å². The van der Waals surface area contributed by atoms with E-state index in [0.29, 0.717) is 18.2 Å². The second kappa shape index (κ2) is 9.10. The number of nitrogens with one attached hydrogen (secondary N) is 2. The Morgan fingerprint density at radius 2 is 2.15 bits per heavy atom. The summed E-state index contributed by atoms with van der Waals surface area (Å²) < 4.78 is 0. The van der Waals surface area contributed by atoms with E-state index in [1.165, 1.54) is 6.42 Å². The fourth-order valence-electron chi connectivity index (χ4n) is 2.43. The first-order valence-corrected chi connectivity index (χ1v) is 8.43. The van der Waals surface area contributed by atoms with Gasteiger partial charge in [-0.15, -0.1) is 0 Å². The van der Waals surface area contributed by atoms with Crippen LogP contribution in [0.3, 0.4) is 0 Å². The van der Waals surface area contributed by atoms with Crippen LogP contribution in [-0.4, -0.2) is 40.7 Å². The molecule has 3 atom stereocenters.